The Morgan fingerprint density at radius 3 is 2.83 bits per heavy atom. The number of aryl methyl sites for hydroxylation is 1. The number of fused-ring (bicyclic) bond motifs is 1. The summed E-state index contributed by atoms with van der Waals surface area (Å²) in [5.74, 6) is -1.08. The molecule has 1 aromatic heterocycles. The molecule has 1 aliphatic rings. The second-order valence-electron chi connectivity index (χ2n) is 2.54. The van der Waals surface area contributed by atoms with Crippen molar-refractivity contribution in [1.82, 2.24) is 4.57 Å². The van der Waals surface area contributed by atoms with Crippen LogP contribution in [0.4, 0.5) is 0 Å². The molecule has 1 aromatic rings. The largest absolute Gasteiger partial charge is 0.385 e. The van der Waals surface area contributed by atoms with Gasteiger partial charge in [0, 0.05) is 12.7 Å². The van der Waals surface area contributed by atoms with E-state index in [0.29, 0.717) is 17.8 Å². The van der Waals surface area contributed by atoms with Crippen LogP contribution in [0.5, 0.6) is 0 Å². The lowest BCUT2D eigenvalue weighted by Crippen LogP contribution is -2.05. The molecule has 0 unspecified atom stereocenters. The van der Waals surface area contributed by atoms with E-state index in [4.69, 9.17) is 0 Å². The van der Waals surface area contributed by atoms with Gasteiger partial charge >= 0.3 is 11.9 Å². The van der Waals surface area contributed by atoms with Crippen molar-refractivity contribution < 1.29 is 14.3 Å². The number of hydrogen-bond acceptors (Lipinski definition) is 3. The van der Waals surface area contributed by atoms with Gasteiger partial charge in [-0.3, -0.25) is 0 Å². The van der Waals surface area contributed by atoms with Crippen molar-refractivity contribution in [3.05, 3.63) is 23.5 Å². The van der Waals surface area contributed by atoms with E-state index in [1.807, 2.05) is 6.92 Å². The Morgan fingerprint density at radius 2 is 2.17 bits per heavy atom. The molecule has 0 bridgehead atoms. The molecule has 0 N–H and O–H groups in total. The minimum absolute atomic E-state index is 0.377. The third kappa shape index (κ3) is 0.717. The van der Waals surface area contributed by atoms with E-state index < -0.39 is 11.9 Å². The molecule has 0 saturated carbocycles. The molecule has 0 atom stereocenters. The zero-order valence-corrected chi connectivity index (χ0v) is 6.53. The molecule has 0 spiro atoms. The SMILES string of the molecule is CCn1ccc2c1C(=O)OC2=O. The van der Waals surface area contributed by atoms with Crippen molar-refractivity contribution in [3.8, 4) is 0 Å². The molecule has 0 radical (unpaired) electrons. The average Bonchev–Trinajstić information content (AvgIpc) is 2.55. The zero-order valence-electron chi connectivity index (χ0n) is 6.53. The van der Waals surface area contributed by atoms with Crippen molar-refractivity contribution in [2.45, 2.75) is 13.5 Å². The van der Waals surface area contributed by atoms with Crippen molar-refractivity contribution in [1.29, 1.82) is 0 Å². The van der Waals surface area contributed by atoms with Gasteiger partial charge in [0.15, 0.2) is 0 Å². The second kappa shape index (κ2) is 2.20. The van der Waals surface area contributed by atoms with Gasteiger partial charge in [-0.05, 0) is 13.0 Å². The van der Waals surface area contributed by atoms with Gasteiger partial charge in [0.25, 0.3) is 0 Å². The van der Waals surface area contributed by atoms with Crippen LogP contribution in [-0.2, 0) is 11.3 Å². The lowest BCUT2D eigenvalue weighted by Gasteiger charge is -1.98. The summed E-state index contributed by atoms with van der Waals surface area (Å²) < 4.78 is 6.11. The monoisotopic (exact) mass is 165 g/mol. The maximum atomic E-state index is 11.1. The molecule has 12 heavy (non-hydrogen) atoms. The van der Waals surface area contributed by atoms with Crippen LogP contribution in [0.3, 0.4) is 0 Å². The summed E-state index contributed by atoms with van der Waals surface area (Å²) in [6.07, 6.45) is 1.71. The second-order valence-corrected chi connectivity index (χ2v) is 2.54. The zero-order chi connectivity index (χ0) is 8.72. The molecular formula is C8H7NO3. The minimum Gasteiger partial charge on any atom is -0.385 e. The number of ether oxygens (including phenoxy) is 1. The summed E-state index contributed by atoms with van der Waals surface area (Å²) in [4.78, 5) is 22.0. The van der Waals surface area contributed by atoms with Crippen LogP contribution in [0.2, 0.25) is 0 Å². The van der Waals surface area contributed by atoms with E-state index in [-0.39, 0.29) is 0 Å². The average molecular weight is 165 g/mol. The quantitative estimate of drug-likeness (QED) is 0.457. The Labute approximate surface area is 68.7 Å². The summed E-state index contributed by atoms with van der Waals surface area (Å²) >= 11 is 0. The molecule has 2 heterocycles. The van der Waals surface area contributed by atoms with E-state index in [2.05, 4.69) is 4.74 Å². The van der Waals surface area contributed by atoms with E-state index in [9.17, 15) is 9.59 Å². The van der Waals surface area contributed by atoms with Crippen molar-refractivity contribution >= 4 is 11.9 Å². The van der Waals surface area contributed by atoms with Crippen molar-refractivity contribution in [2.24, 2.45) is 0 Å². The van der Waals surface area contributed by atoms with Crippen LogP contribution in [0.1, 0.15) is 27.8 Å². The summed E-state index contributed by atoms with van der Waals surface area (Å²) in [6.45, 7) is 2.56. The first-order valence-corrected chi connectivity index (χ1v) is 3.69. The maximum Gasteiger partial charge on any atom is 0.363 e. The molecule has 0 saturated heterocycles. The number of aromatic nitrogens is 1. The lowest BCUT2D eigenvalue weighted by atomic mass is 10.3. The van der Waals surface area contributed by atoms with Crippen LogP contribution < -0.4 is 0 Å². The predicted octanol–water partition coefficient (Wildman–Crippen LogP) is 0.819. The van der Waals surface area contributed by atoms with Gasteiger partial charge < -0.3 is 9.30 Å². The Hall–Kier alpha value is -1.58. The number of esters is 2. The number of rotatable bonds is 1. The number of nitrogens with zero attached hydrogens (tertiary/aromatic N) is 1. The van der Waals surface area contributed by atoms with Gasteiger partial charge in [-0.1, -0.05) is 0 Å². The fourth-order valence-electron chi connectivity index (χ4n) is 1.32. The summed E-state index contributed by atoms with van der Waals surface area (Å²) in [5, 5.41) is 0. The van der Waals surface area contributed by atoms with Gasteiger partial charge in [0.1, 0.15) is 5.69 Å². The molecule has 0 fully saturated rings. The Balaban J connectivity index is 2.63. The normalized spacial score (nSPS) is 14.8. The van der Waals surface area contributed by atoms with Gasteiger partial charge in [-0.15, -0.1) is 0 Å². The van der Waals surface area contributed by atoms with Crippen LogP contribution in [0.15, 0.2) is 12.3 Å². The Morgan fingerprint density at radius 1 is 1.42 bits per heavy atom. The standard InChI is InChI=1S/C8H7NO3/c1-2-9-4-3-5-6(9)8(11)12-7(5)10/h3-4H,2H2,1H3. The van der Waals surface area contributed by atoms with Crippen LogP contribution in [0, 0.1) is 0 Å². The summed E-state index contributed by atoms with van der Waals surface area (Å²) in [7, 11) is 0. The first-order chi connectivity index (χ1) is 5.74. The molecule has 1 aliphatic heterocycles. The fourth-order valence-corrected chi connectivity index (χ4v) is 1.32. The fraction of sp³-hybridized carbons (Fsp3) is 0.250. The first-order valence-electron chi connectivity index (χ1n) is 3.69. The highest BCUT2D eigenvalue weighted by atomic mass is 16.6. The molecule has 62 valence electrons. The first kappa shape index (κ1) is 7.09. The van der Waals surface area contributed by atoms with Gasteiger partial charge in [0.05, 0.1) is 5.56 Å². The van der Waals surface area contributed by atoms with E-state index in [1.165, 1.54) is 0 Å². The van der Waals surface area contributed by atoms with Gasteiger partial charge in [0.2, 0.25) is 0 Å². The number of carbonyl (C=O) groups is 2. The topological polar surface area (TPSA) is 48.3 Å². The number of carbonyl (C=O) groups excluding carboxylic acids is 2. The van der Waals surface area contributed by atoms with Crippen LogP contribution in [-0.4, -0.2) is 16.5 Å². The molecule has 0 aliphatic carbocycles. The van der Waals surface area contributed by atoms with Crippen LogP contribution in [0.25, 0.3) is 0 Å². The van der Waals surface area contributed by atoms with Crippen molar-refractivity contribution in [3.63, 3.8) is 0 Å². The van der Waals surface area contributed by atoms with Gasteiger partial charge in [-0.2, -0.15) is 0 Å². The molecule has 2 rings (SSSR count). The third-order valence-electron chi connectivity index (χ3n) is 1.90. The highest BCUT2D eigenvalue weighted by molar-refractivity contribution is 6.13. The van der Waals surface area contributed by atoms with E-state index in [0.717, 1.165) is 0 Å². The summed E-state index contributed by atoms with van der Waals surface area (Å²) in [6, 6.07) is 1.60. The number of cyclic esters (lactones) is 2. The third-order valence-corrected chi connectivity index (χ3v) is 1.90. The highest BCUT2D eigenvalue weighted by Crippen LogP contribution is 2.20. The minimum atomic E-state index is -0.540. The van der Waals surface area contributed by atoms with E-state index >= 15 is 0 Å². The summed E-state index contributed by atoms with van der Waals surface area (Å²) in [5.41, 5.74) is 0.754. The highest BCUT2D eigenvalue weighted by Gasteiger charge is 2.32. The Kier molecular flexibility index (Phi) is 1.30. The predicted molar refractivity (Wildman–Crippen MR) is 39.9 cm³/mol. The molecular weight excluding hydrogens is 158 g/mol. The van der Waals surface area contributed by atoms with Crippen LogP contribution >= 0.6 is 0 Å². The smallest absolute Gasteiger partial charge is 0.363 e. The van der Waals surface area contributed by atoms with Crippen molar-refractivity contribution in [2.75, 3.05) is 0 Å². The lowest BCUT2D eigenvalue weighted by molar-refractivity contribution is 0.0438. The van der Waals surface area contributed by atoms with E-state index in [1.54, 1.807) is 16.8 Å². The molecule has 4 nitrogen and oxygen atoms in total. The Bertz CT molecular complexity index is 364. The molecule has 4 heteroatoms. The maximum absolute atomic E-state index is 11.1. The molecule has 0 aromatic carbocycles. The number of hydrogen-bond donors (Lipinski definition) is 0. The molecule has 0 amide bonds. The van der Waals surface area contributed by atoms with Gasteiger partial charge in [-0.25, -0.2) is 9.59 Å².